The first-order valence-corrected chi connectivity index (χ1v) is 6.13. The van der Waals surface area contributed by atoms with Crippen LogP contribution in [0.2, 0.25) is 0 Å². The molecule has 0 aliphatic heterocycles. The monoisotopic (exact) mass is 255 g/mol. The van der Waals surface area contributed by atoms with Crippen LogP contribution in [0.5, 0.6) is 0 Å². The number of aliphatic hydroxyl groups is 1. The minimum absolute atomic E-state index is 0.182. The first kappa shape index (κ1) is 14.7. The van der Waals surface area contributed by atoms with E-state index < -0.39 is 5.97 Å². The van der Waals surface area contributed by atoms with Crippen LogP contribution in [0.15, 0.2) is 10.5 Å². The first-order chi connectivity index (χ1) is 8.62. The Morgan fingerprint density at radius 2 is 2.28 bits per heavy atom. The van der Waals surface area contributed by atoms with Crippen LogP contribution >= 0.6 is 0 Å². The quantitative estimate of drug-likeness (QED) is 0.749. The smallest absolute Gasteiger partial charge is 0.374 e. The zero-order chi connectivity index (χ0) is 13.5. The lowest BCUT2D eigenvalue weighted by atomic mass is 10.2. The lowest BCUT2D eigenvalue weighted by molar-refractivity contribution is 0.0560. The molecule has 1 aromatic heterocycles. The van der Waals surface area contributed by atoms with Gasteiger partial charge in [-0.25, -0.2) is 4.79 Å². The number of methoxy groups -OCH3 is 1. The van der Waals surface area contributed by atoms with Crippen LogP contribution in [0.1, 0.15) is 35.2 Å². The average Bonchev–Trinajstić information content (AvgIpc) is 2.74. The molecule has 0 saturated heterocycles. The zero-order valence-corrected chi connectivity index (χ0v) is 11.2. The van der Waals surface area contributed by atoms with E-state index in [1.54, 1.807) is 0 Å². The van der Waals surface area contributed by atoms with Crippen molar-refractivity contribution in [2.45, 2.75) is 26.8 Å². The molecule has 0 radical (unpaired) electrons. The molecule has 0 bridgehead atoms. The highest BCUT2D eigenvalue weighted by molar-refractivity contribution is 5.87. The van der Waals surface area contributed by atoms with Crippen molar-refractivity contribution in [3.8, 4) is 0 Å². The van der Waals surface area contributed by atoms with Crippen molar-refractivity contribution in [3.63, 3.8) is 0 Å². The molecule has 0 unspecified atom stereocenters. The third kappa shape index (κ3) is 3.85. The number of aliphatic hydroxyl groups excluding tert-OH is 1. The second-order valence-electron chi connectivity index (χ2n) is 4.16. The van der Waals surface area contributed by atoms with Crippen LogP contribution in [0.4, 0.5) is 0 Å². The van der Waals surface area contributed by atoms with Crippen LogP contribution in [0.3, 0.4) is 0 Å². The Labute approximate surface area is 107 Å². The van der Waals surface area contributed by atoms with Crippen molar-refractivity contribution in [3.05, 3.63) is 23.2 Å². The fraction of sp³-hybridized carbons (Fsp3) is 0.615. The van der Waals surface area contributed by atoms with Gasteiger partial charge in [-0.3, -0.25) is 4.90 Å². The van der Waals surface area contributed by atoms with Gasteiger partial charge in [0.15, 0.2) is 0 Å². The molecule has 0 aromatic carbocycles. The largest absolute Gasteiger partial charge is 0.463 e. The SMILES string of the molecule is CCN(CCCO)Cc1cc(C)c(C(=O)OC)o1. The number of hydrogen-bond acceptors (Lipinski definition) is 5. The van der Waals surface area contributed by atoms with E-state index in [1.807, 2.05) is 19.9 Å². The van der Waals surface area contributed by atoms with E-state index in [2.05, 4.69) is 9.64 Å². The van der Waals surface area contributed by atoms with Crippen molar-refractivity contribution in [1.82, 2.24) is 4.90 Å². The molecular formula is C13H21NO4. The van der Waals surface area contributed by atoms with Gasteiger partial charge in [-0.15, -0.1) is 0 Å². The van der Waals surface area contributed by atoms with Crippen molar-refractivity contribution in [2.75, 3.05) is 26.8 Å². The van der Waals surface area contributed by atoms with Gasteiger partial charge in [0.05, 0.1) is 13.7 Å². The van der Waals surface area contributed by atoms with Crippen molar-refractivity contribution in [1.29, 1.82) is 0 Å². The maximum absolute atomic E-state index is 11.4. The lowest BCUT2D eigenvalue weighted by Crippen LogP contribution is -2.24. The summed E-state index contributed by atoms with van der Waals surface area (Å²) in [6.45, 7) is 6.36. The predicted octanol–water partition coefficient (Wildman–Crippen LogP) is 1.58. The summed E-state index contributed by atoms with van der Waals surface area (Å²) in [6.07, 6.45) is 0.734. The summed E-state index contributed by atoms with van der Waals surface area (Å²) >= 11 is 0. The van der Waals surface area contributed by atoms with Gasteiger partial charge in [0.1, 0.15) is 5.76 Å². The molecular weight excluding hydrogens is 234 g/mol. The highest BCUT2D eigenvalue weighted by Gasteiger charge is 2.17. The van der Waals surface area contributed by atoms with Crippen LogP contribution < -0.4 is 0 Å². The minimum Gasteiger partial charge on any atom is -0.463 e. The highest BCUT2D eigenvalue weighted by atomic mass is 16.5. The fourth-order valence-electron chi connectivity index (χ4n) is 1.79. The summed E-state index contributed by atoms with van der Waals surface area (Å²) in [5.74, 6) is 0.565. The van der Waals surface area contributed by atoms with E-state index in [-0.39, 0.29) is 12.4 Å². The van der Waals surface area contributed by atoms with E-state index >= 15 is 0 Å². The van der Waals surface area contributed by atoms with Gasteiger partial charge in [-0.05, 0) is 26.0 Å². The van der Waals surface area contributed by atoms with Gasteiger partial charge in [0.2, 0.25) is 5.76 Å². The Morgan fingerprint density at radius 3 is 2.83 bits per heavy atom. The molecule has 0 aliphatic rings. The number of rotatable bonds is 7. The van der Waals surface area contributed by atoms with Crippen molar-refractivity contribution in [2.24, 2.45) is 0 Å². The summed E-state index contributed by atoms with van der Waals surface area (Å²) < 4.78 is 10.1. The van der Waals surface area contributed by atoms with Crippen LogP contribution in [-0.4, -0.2) is 42.8 Å². The molecule has 5 heteroatoms. The molecule has 1 aromatic rings. The number of furan rings is 1. The van der Waals surface area contributed by atoms with Gasteiger partial charge in [-0.1, -0.05) is 6.92 Å². The molecule has 1 rings (SSSR count). The molecule has 1 N–H and O–H groups in total. The lowest BCUT2D eigenvalue weighted by Gasteiger charge is -2.18. The summed E-state index contributed by atoms with van der Waals surface area (Å²) in [6, 6.07) is 1.86. The highest BCUT2D eigenvalue weighted by Crippen LogP contribution is 2.17. The third-order valence-corrected chi connectivity index (χ3v) is 2.80. The molecule has 0 amide bonds. The topological polar surface area (TPSA) is 62.9 Å². The molecule has 0 aliphatic carbocycles. The van der Waals surface area contributed by atoms with Gasteiger partial charge in [0.25, 0.3) is 0 Å². The van der Waals surface area contributed by atoms with Gasteiger partial charge >= 0.3 is 5.97 Å². The standard InChI is InChI=1S/C13H21NO4/c1-4-14(6-5-7-15)9-11-8-10(2)12(18-11)13(16)17-3/h8,15H,4-7,9H2,1-3H3. The normalized spacial score (nSPS) is 10.9. The average molecular weight is 255 g/mol. The summed E-state index contributed by atoms with van der Waals surface area (Å²) in [4.78, 5) is 13.6. The van der Waals surface area contributed by atoms with Crippen LogP contribution in [0.25, 0.3) is 0 Å². The van der Waals surface area contributed by atoms with Crippen LogP contribution in [0, 0.1) is 6.92 Å². The van der Waals surface area contributed by atoms with Gasteiger partial charge in [0, 0.05) is 18.7 Å². The molecule has 18 heavy (non-hydrogen) atoms. The van der Waals surface area contributed by atoms with E-state index in [0.29, 0.717) is 6.54 Å². The molecule has 5 nitrogen and oxygen atoms in total. The Bertz CT molecular complexity index is 386. The van der Waals surface area contributed by atoms with E-state index in [9.17, 15) is 4.79 Å². The maximum atomic E-state index is 11.4. The Morgan fingerprint density at radius 1 is 1.56 bits per heavy atom. The number of esters is 1. The second kappa shape index (κ2) is 7.18. The molecule has 0 saturated carbocycles. The van der Waals surface area contributed by atoms with E-state index in [1.165, 1.54) is 7.11 Å². The second-order valence-corrected chi connectivity index (χ2v) is 4.16. The third-order valence-electron chi connectivity index (χ3n) is 2.80. The predicted molar refractivity (Wildman–Crippen MR) is 67.4 cm³/mol. The number of carbonyl (C=O) groups is 1. The summed E-state index contributed by atoms with van der Waals surface area (Å²) in [5.41, 5.74) is 0.787. The van der Waals surface area contributed by atoms with E-state index in [4.69, 9.17) is 9.52 Å². The molecule has 0 atom stereocenters. The maximum Gasteiger partial charge on any atom is 0.374 e. The molecule has 0 spiro atoms. The Kier molecular flexibility index (Phi) is 5.88. The van der Waals surface area contributed by atoms with Gasteiger partial charge < -0.3 is 14.3 Å². The number of aryl methyl sites for hydroxylation is 1. The van der Waals surface area contributed by atoms with Gasteiger partial charge in [-0.2, -0.15) is 0 Å². The number of nitrogens with zero attached hydrogens (tertiary/aromatic N) is 1. The zero-order valence-electron chi connectivity index (χ0n) is 11.2. The Balaban J connectivity index is 2.69. The molecule has 0 fully saturated rings. The van der Waals surface area contributed by atoms with E-state index in [0.717, 1.165) is 30.8 Å². The number of carbonyl (C=O) groups excluding carboxylic acids is 1. The summed E-state index contributed by atoms with van der Waals surface area (Å²) in [7, 11) is 1.34. The minimum atomic E-state index is -0.447. The summed E-state index contributed by atoms with van der Waals surface area (Å²) in [5, 5.41) is 8.82. The Hall–Kier alpha value is -1.33. The first-order valence-electron chi connectivity index (χ1n) is 6.13. The molecule has 102 valence electrons. The fourth-order valence-corrected chi connectivity index (χ4v) is 1.79. The number of ether oxygens (including phenoxy) is 1. The van der Waals surface area contributed by atoms with Crippen LogP contribution in [-0.2, 0) is 11.3 Å². The van der Waals surface area contributed by atoms with Crippen molar-refractivity contribution < 1.29 is 19.1 Å². The van der Waals surface area contributed by atoms with Crippen molar-refractivity contribution >= 4 is 5.97 Å². The number of hydrogen-bond donors (Lipinski definition) is 1. The molecule has 1 heterocycles.